The first-order valence-electron chi connectivity index (χ1n) is 6.83. The zero-order valence-electron chi connectivity index (χ0n) is 10.9. The van der Waals surface area contributed by atoms with E-state index in [1.165, 1.54) is 27.6 Å². The van der Waals surface area contributed by atoms with Crippen molar-refractivity contribution in [2.24, 2.45) is 0 Å². The molecule has 0 unspecified atom stereocenters. The molecule has 0 saturated carbocycles. The van der Waals surface area contributed by atoms with Gasteiger partial charge < -0.3 is 0 Å². The van der Waals surface area contributed by atoms with Gasteiger partial charge in [-0.1, -0.05) is 58.4 Å². The van der Waals surface area contributed by atoms with Crippen molar-refractivity contribution in [3.8, 4) is 0 Å². The number of Topliss-reactive ketones (excluding diaryl/α,β-unsaturated/α-hetero) is 1. The van der Waals surface area contributed by atoms with Crippen LogP contribution in [0.4, 0.5) is 0 Å². The standard InChI is InChI=1S/C18H13BrO/c19-10-16(20)14-8-6-13-5-4-11-2-1-3-12-7-9-15(14)18(13)17(11)12/h1,3-4,6-9H,2,5,10H2. The number of carbonyl (C=O) groups is 1. The Morgan fingerprint density at radius 1 is 1.15 bits per heavy atom. The number of alkyl halides is 1. The van der Waals surface area contributed by atoms with Crippen molar-refractivity contribution >= 4 is 44.1 Å². The molecule has 2 aliphatic carbocycles. The van der Waals surface area contributed by atoms with Crippen molar-refractivity contribution in [1.29, 1.82) is 0 Å². The zero-order valence-corrected chi connectivity index (χ0v) is 12.5. The minimum absolute atomic E-state index is 0.152. The lowest BCUT2D eigenvalue weighted by Crippen LogP contribution is -2.07. The van der Waals surface area contributed by atoms with Gasteiger partial charge in [-0.3, -0.25) is 4.79 Å². The third-order valence-corrected chi connectivity index (χ3v) is 4.76. The predicted octanol–water partition coefficient (Wildman–Crippen LogP) is 4.77. The van der Waals surface area contributed by atoms with Crippen LogP contribution in [0.15, 0.2) is 36.4 Å². The summed E-state index contributed by atoms with van der Waals surface area (Å²) in [6, 6.07) is 8.34. The number of hydrogen-bond donors (Lipinski definition) is 0. The quantitative estimate of drug-likeness (QED) is 0.574. The van der Waals surface area contributed by atoms with Gasteiger partial charge in [-0.2, -0.15) is 0 Å². The Bertz CT molecular complexity index is 812. The Hall–Kier alpha value is -1.67. The number of ketones is 1. The van der Waals surface area contributed by atoms with Crippen LogP contribution in [0.25, 0.3) is 22.4 Å². The summed E-state index contributed by atoms with van der Waals surface area (Å²) in [5.74, 6) is 0.152. The van der Waals surface area contributed by atoms with Gasteiger partial charge in [0.2, 0.25) is 0 Å². The van der Waals surface area contributed by atoms with Gasteiger partial charge in [0.1, 0.15) is 0 Å². The maximum Gasteiger partial charge on any atom is 0.173 e. The van der Waals surface area contributed by atoms with Crippen LogP contribution in [0, 0.1) is 0 Å². The number of allylic oxidation sites excluding steroid dienone is 3. The van der Waals surface area contributed by atoms with Gasteiger partial charge in [0.15, 0.2) is 5.78 Å². The van der Waals surface area contributed by atoms with E-state index >= 15 is 0 Å². The molecule has 0 heterocycles. The van der Waals surface area contributed by atoms with E-state index in [0.717, 1.165) is 23.8 Å². The average Bonchev–Trinajstić information content (AvgIpc) is 2.51. The number of hydrogen-bond acceptors (Lipinski definition) is 1. The van der Waals surface area contributed by atoms with Gasteiger partial charge in [-0.05, 0) is 45.9 Å². The molecule has 0 fully saturated rings. The molecule has 2 aliphatic rings. The fraction of sp³-hybridized carbons (Fsp3) is 0.167. The highest BCUT2D eigenvalue weighted by Crippen LogP contribution is 2.41. The first kappa shape index (κ1) is 12.1. The van der Waals surface area contributed by atoms with E-state index in [2.05, 4.69) is 52.4 Å². The third-order valence-electron chi connectivity index (χ3n) is 4.25. The normalized spacial score (nSPS) is 15.3. The lowest BCUT2D eigenvalue weighted by atomic mass is 9.80. The lowest BCUT2D eigenvalue weighted by molar-refractivity contribution is 0.102. The second kappa shape index (κ2) is 4.42. The topological polar surface area (TPSA) is 17.1 Å². The molecule has 0 N–H and O–H groups in total. The molecule has 0 spiro atoms. The Labute approximate surface area is 126 Å². The van der Waals surface area contributed by atoms with Gasteiger partial charge in [0, 0.05) is 5.56 Å². The van der Waals surface area contributed by atoms with Gasteiger partial charge >= 0.3 is 0 Å². The molecule has 98 valence electrons. The molecule has 1 nitrogen and oxygen atoms in total. The zero-order chi connectivity index (χ0) is 13.7. The van der Waals surface area contributed by atoms with Crippen LogP contribution in [-0.2, 0) is 6.42 Å². The first-order chi connectivity index (χ1) is 9.79. The van der Waals surface area contributed by atoms with Gasteiger partial charge in [-0.25, -0.2) is 0 Å². The highest BCUT2D eigenvalue weighted by atomic mass is 79.9. The molecule has 0 aromatic heterocycles. The molecule has 20 heavy (non-hydrogen) atoms. The van der Waals surface area contributed by atoms with Crippen LogP contribution in [0.5, 0.6) is 0 Å². The molecule has 2 heteroatoms. The second-order valence-corrected chi connectivity index (χ2v) is 5.88. The number of rotatable bonds is 2. The van der Waals surface area contributed by atoms with E-state index in [9.17, 15) is 4.79 Å². The summed E-state index contributed by atoms with van der Waals surface area (Å²) in [5.41, 5.74) is 6.19. The third kappa shape index (κ3) is 1.58. The maximum absolute atomic E-state index is 12.1. The molecule has 0 saturated heterocycles. The van der Waals surface area contributed by atoms with Crippen LogP contribution >= 0.6 is 15.9 Å². The Balaban J connectivity index is 2.14. The fourth-order valence-corrected chi connectivity index (χ4v) is 3.64. The highest BCUT2D eigenvalue weighted by Gasteiger charge is 2.21. The molecule has 0 bridgehead atoms. The highest BCUT2D eigenvalue weighted by molar-refractivity contribution is 9.09. The second-order valence-electron chi connectivity index (χ2n) is 5.32. The summed E-state index contributed by atoms with van der Waals surface area (Å²) >= 11 is 3.28. The van der Waals surface area contributed by atoms with Crippen molar-refractivity contribution in [3.63, 3.8) is 0 Å². The minimum atomic E-state index is 0.152. The van der Waals surface area contributed by atoms with E-state index in [1.54, 1.807) is 0 Å². The summed E-state index contributed by atoms with van der Waals surface area (Å²) in [6.07, 6.45) is 8.72. The molecule has 0 atom stereocenters. The average molecular weight is 325 g/mol. The predicted molar refractivity (Wildman–Crippen MR) is 87.4 cm³/mol. The molecular weight excluding hydrogens is 312 g/mol. The Kier molecular flexibility index (Phi) is 2.67. The van der Waals surface area contributed by atoms with Crippen LogP contribution in [0.1, 0.15) is 33.5 Å². The SMILES string of the molecule is O=C(CBr)c1ccc2c3c4c(ccc13)C=CCC4=CC2. The van der Waals surface area contributed by atoms with Gasteiger partial charge in [0.25, 0.3) is 0 Å². The Morgan fingerprint density at radius 3 is 2.90 bits per heavy atom. The fourth-order valence-electron chi connectivity index (χ4n) is 3.34. The van der Waals surface area contributed by atoms with E-state index in [1.807, 2.05) is 6.07 Å². The number of carbonyl (C=O) groups excluding carboxylic acids is 1. The van der Waals surface area contributed by atoms with Crippen molar-refractivity contribution < 1.29 is 4.79 Å². The number of benzene rings is 2. The minimum Gasteiger partial charge on any atom is -0.293 e. The molecule has 0 amide bonds. The van der Waals surface area contributed by atoms with E-state index in [-0.39, 0.29) is 5.78 Å². The van der Waals surface area contributed by atoms with Crippen LogP contribution < -0.4 is 0 Å². The summed E-state index contributed by atoms with van der Waals surface area (Å²) < 4.78 is 0. The monoisotopic (exact) mass is 324 g/mol. The summed E-state index contributed by atoms with van der Waals surface area (Å²) in [6.45, 7) is 0. The van der Waals surface area contributed by atoms with E-state index in [4.69, 9.17) is 0 Å². The lowest BCUT2D eigenvalue weighted by Gasteiger charge is -2.24. The van der Waals surface area contributed by atoms with Crippen molar-refractivity contribution in [2.75, 3.05) is 5.33 Å². The van der Waals surface area contributed by atoms with E-state index in [0.29, 0.717) is 5.33 Å². The van der Waals surface area contributed by atoms with Crippen molar-refractivity contribution in [2.45, 2.75) is 12.8 Å². The van der Waals surface area contributed by atoms with Crippen molar-refractivity contribution in [3.05, 3.63) is 58.7 Å². The van der Waals surface area contributed by atoms with Crippen LogP contribution in [-0.4, -0.2) is 11.1 Å². The molecule has 4 rings (SSSR count). The molecule has 2 aromatic carbocycles. The van der Waals surface area contributed by atoms with E-state index < -0.39 is 0 Å². The molecule has 2 aromatic rings. The summed E-state index contributed by atoms with van der Waals surface area (Å²) in [7, 11) is 0. The largest absolute Gasteiger partial charge is 0.293 e. The smallest absolute Gasteiger partial charge is 0.173 e. The Morgan fingerprint density at radius 2 is 2.05 bits per heavy atom. The summed E-state index contributed by atoms with van der Waals surface area (Å²) in [4.78, 5) is 12.1. The van der Waals surface area contributed by atoms with Gasteiger partial charge in [0.05, 0.1) is 5.33 Å². The van der Waals surface area contributed by atoms with Crippen molar-refractivity contribution in [1.82, 2.24) is 0 Å². The van der Waals surface area contributed by atoms with Gasteiger partial charge in [-0.15, -0.1) is 0 Å². The number of halogens is 1. The first-order valence-corrected chi connectivity index (χ1v) is 7.95. The summed E-state index contributed by atoms with van der Waals surface area (Å²) in [5, 5.41) is 2.77. The molecule has 0 radical (unpaired) electrons. The molecule has 0 aliphatic heterocycles. The molecular formula is C18H13BrO. The van der Waals surface area contributed by atoms with Crippen LogP contribution in [0.2, 0.25) is 0 Å². The van der Waals surface area contributed by atoms with Crippen LogP contribution in [0.3, 0.4) is 0 Å². The maximum atomic E-state index is 12.1.